The summed E-state index contributed by atoms with van der Waals surface area (Å²) < 4.78 is 15.8. The minimum atomic E-state index is -0.215. The van der Waals surface area contributed by atoms with Crippen LogP contribution in [0.4, 0.5) is 5.82 Å². The molecule has 2 aliphatic heterocycles. The third kappa shape index (κ3) is 4.20. The van der Waals surface area contributed by atoms with Crippen LogP contribution in [0.15, 0.2) is 42.6 Å². The summed E-state index contributed by atoms with van der Waals surface area (Å²) in [4.78, 5) is 42.3. The van der Waals surface area contributed by atoms with E-state index < -0.39 is 0 Å². The van der Waals surface area contributed by atoms with E-state index in [-0.39, 0.29) is 18.4 Å². The molecule has 2 unspecified atom stereocenters. The van der Waals surface area contributed by atoms with E-state index in [1.807, 2.05) is 31.3 Å². The molecule has 11 nitrogen and oxygen atoms in total. The van der Waals surface area contributed by atoms with Gasteiger partial charge in [0.1, 0.15) is 16.9 Å². The quantitative estimate of drug-likeness (QED) is 0.276. The molecule has 2 saturated carbocycles. The van der Waals surface area contributed by atoms with Crippen molar-refractivity contribution in [1.82, 2.24) is 29.0 Å². The van der Waals surface area contributed by atoms with Crippen LogP contribution in [0.3, 0.4) is 0 Å². The molecular weight excluding hydrogens is 582 g/mol. The lowest BCUT2D eigenvalue weighted by Crippen LogP contribution is -2.38. The molecule has 3 atom stereocenters. The number of ether oxygens (including phenoxy) is 2. The molecule has 4 aromatic heterocycles. The van der Waals surface area contributed by atoms with Crippen LogP contribution in [0.1, 0.15) is 43.0 Å². The summed E-state index contributed by atoms with van der Waals surface area (Å²) in [5.41, 5.74) is 5.64. The number of methoxy groups -OCH3 is 1. The van der Waals surface area contributed by atoms with Gasteiger partial charge in [0.15, 0.2) is 24.0 Å². The molecule has 9 rings (SSSR count). The van der Waals surface area contributed by atoms with Crippen molar-refractivity contribution >= 4 is 39.7 Å². The Labute approximate surface area is 265 Å². The predicted octanol–water partition coefficient (Wildman–Crippen LogP) is 5.27. The summed E-state index contributed by atoms with van der Waals surface area (Å²) in [6, 6.07) is 12.2. The molecule has 0 spiro atoms. The molecule has 1 N–H and O–H groups in total. The Balaban J connectivity index is 1.13. The Morgan fingerprint density at radius 2 is 1.98 bits per heavy atom. The van der Waals surface area contributed by atoms with Crippen molar-refractivity contribution in [1.29, 1.82) is 0 Å². The molecule has 6 heterocycles. The molecule has 2 aliphatic carbocycles. The Hall–Kier alpha value is -4.93. The number of amides is 2. The second kappa shape index (κ2) is 10.0. The maximum absolute atomic E-state index is 13.8. The maximum Gasteiger partial charge on any atom is 0.263 e. The lowest BCUT2D eigenvalue weighted by Gasteiger charge is -2.27. The summed E-state index contributed by atoms with van der Waals surface area (Å²) in [6.07, 6.45) is 6.39. The second-order valence-electron chi connectivity index (χ2n) is 13.4. The number of hydrogen-bond acceptors (Lipinski definition) is 7. The number of carbonyl (C=O) groups excluding carboxylic acids is 2. The van der Waals surface area contributed by atoms with Gasteiger partial charge in [0.25, 0.3) is 11.8 Å². The predicted molar refractivity (Wildman–Crippen MR) is 173 cm³/mol. The number of benzene rings is 1. The van der Waals surface area contributed by atoms with Crippen LogP contribution in [-0.4, -0.2) is 67.1 Å². The SMILES string of the molecule is COc1cc(C(=O)N2CC3CCC2[C@@H]3C)cc2nc(-c3cc4ccc(-c5cnc6c(c5)OCC(=O)N6)nc4n3CC3CC3)n(C)c12. The van der Waals surface area contributed by atoms with Gasteiger partial charge in [0.05, 0.1) is 24.0 Å². The van der Waals surface area contributed by atoms with Crippen LogP contribution in [-0.2, 0) is 18.4 Å². The van der Waals surface area contributed by atoms with Gasteiger partial charge in [-0.15, -0.1) is 0 Å². The van der Waals surface area contributed by atoms with Gasteiger partial charge in [0, 0.05) is 48.9 Å². The van der Waals surface area contributed by atoms with Crippen molar-refractivity contribution in [2.45, 2.75) is 45.2 Å². The van der Waals surface area contributed by atoms with Crippen molar-refractivity contribution in [3.05, 3.63) is 48.2 Å². The highest BCUT2D eigenvalue weighted by Crippen LogP contribution is 2.44. The van der Waals surface area contributed by atoms with E-state index >= 15 is 0 Å². The highest BCUT2D eigenvalue weighted by Gasteiger charge is 2.46. The number of likely N-dealkylation sites (tertiary alicyclic amines) is 1. The van der Waals surface area contributed by atoms with Crippen molar-refractivity contribution in [3.8, 4) is 34.3 Å². The third-order valence-corrected chi connectivity index (χ3v) is 10.6. The monoisotopic (exact) mass is 617 g/mol. The largest absolute Gasteiger partial charge is 0.494 e. The molecule has 2 amide bonds. The second-order valence-corrected chi connectivity index (χ2v) is 13.4. The van der Waals surface area contributed by atoms with Gasteiger partial charge in [-0.2, -0.15) is 0 Å². The van der Waals surface area contributed by atoms with Gasteiger partial charge >= 0.3 is 0 Å². The summed E-state index contributed by atoms with van der Waals surface area (Å²) >= 11 is 0. The highest BCUT2D eigenvalue weighted by atomic mass is 16.5. The number of nitrogens with one attached hydrogen (secondary N) is 1. The van der Waals surface area contributed by atoms with E-state index in [0.29, 0.717) is 46.7 Å². The van der Waals surface area contributed by atoms with Crippen LogP contribution in [0.25, 0.3) is 44.8 Å². The van der Waals surface area contributed by atoms with Gasteiger partial charge in [-0.25, -0.2) is 15.0 Å². The van der Waals surface area contributed by atoms with Crippen LogP contribution >= 0.6 is 0 Å². The summed E-state index contributed by atoms with van der Waals surface area (Å²) in [5, 5.41) is 3.76. The van der Waals surface area contributed by atoms with Crippen LogP contribution in [0, 0.1) is 17.8 Å². The number of anilines is 1. The Morgan fingerprint density at radius 3 is 2.74 bits per heavy atom. The fraction of sp³-hybridized carbons (Fsp3) is 0.400. The minimum Gasteiger partial charge on any atom is -0.494 e. The maximum atomic E-state index is 13.8. The van der Waals surface area contributed by atoms with Crippen LogP contribution in [0.2, 0.25) is 0 Å². The molecule has 0 radical (unpaired) electrons. The number of fused-ring (bicyclic) bond motifs is 5. The molecule has 4 aliphatic rings. The van der Waals surface area contributed by atoms with E-state index in [9.17, 15) is 9.59 Å². The molecular formula is C35H35N7O4. The smallest absolute Gasteiger partial charge is 0.263 e. The normalized spacial score (nSPS) is 21.9. The number of nitrogens with zero attached hydrogens (tertiary/aromatic N) is 6. The number of pyridine rings is 2. The fourth-order valence-electron chi connectivity index (χ4n) is 7.84. The molecule has 46 heavy (non-hydrogen) atoms. The van der Waals surface area contributed by atoms with E-state index in [2.05, 4.69) is 43.4 Å². The van der Waals surface area contributed by atoms with Crippen molar-refractivity contribution in [2.24, 2.45) is 24.8 Å². The molecule has 1 saturated heterocycles. The van der Waals surface area contributed by atoms with Gasteiger partial charge in [-0.3, -0.25) is 9.59 Å². The zero-order chi connectivity index (χ0) is 31.3. The highest BCUT2D eigenvalue weighted by molar-refractivity contribution is 6.00. The molecule has 11 heteroatoms. The number of imidazole rings is 1. The van der Waals surface area contributed by atoms with Gasteiger partial charge in [0.2, 0.25) is 0 Å². The number of rotatable bonds is 6. The molecule has 234 valence electrons. The first-order valence-electron chi connectivity index (χ1n) is 16.2. The Morgan fingerprint density at radius 1 is 1.11 bits per heavy atom. The fourth-order valence-corrected chi connectivity index (χ4v) is 7.84. The van der Waals surface area contributed by atoms with E-state index in [0.717, 1.165) is 64.4 Å². The lowest BCUT2D eigenvalue weighted by atomic mass is 10.0. The Bertz CT molecular complexity index is 2090. The minimum absolute atomic E-state index is 0.0326. The number of aromatic nitrogens is 5. The van der Waals surface area contributed by atoms with E-state index in [1.165, 1.54) is 19.3 Å². The average molecular weight is 618 g/mol. The topological polar surface area (TPSA) is 116 Å². The first-order valence-corrected chi connectivity index (χ1v) is 16.2. The summed E-state index contributed by atoms with van der Waals surface area (Å²) in [5.74, 6) is 3.99. The van der Waals surface area contributed by atoms with E-state index in [1.54, 1.807) is 13.3 Å². The Kier molecular flexibility index (Phi) is 5.97. The number of hydrogen-bond donors (Lipinski definition) is 1. The standard InChI is InChI=1S/C35H35N7O4/c1-18-21-7-9-26(18)42(16-21)35(44)22-10-25-31(28(12-22)45-3)40(2)34(38-25)27-11-20-6-8-24(37-33(20)41(27)15-19-4-5-19)23-13-29-32(36-14-23)39-30(43)17-46-29/h6,8,10-14,18-19,21,26H,4-5,7,9,15-17H2,1-3H3,(H,36,39,43)/t18-,21?,26?/m1/s1. The number of aryl methyl sites for hydroxylation is 1. The van der Waals surface area contributed by atoms with Crippen molar-refractivity contribution < 1.29 is 19.1 Å². The number of piperidine rings is 1. The molecule has 1 aromatic carbocycles. The van der Waals surface area contributed by atoms with Gasteiger partial charge in [-0.05, 0) is 79.8 Å². The summed E-state index contributed by atoms with van der Waals surface area (Å²) in [7, 11) is 3.66. The molecule has 5 aromatic rings. The van der Waals surface area contributed by atoms with E-state index in [4.69, 9.17) is 19.4 Å². The van der Waals surface area contributed by atoms with Gasteiger partial charge in [-0.1, -0.05) is 6.92 Å². The third-order valence-electron chi connectivity index (χ3n) is 10.6. The molecule has 2 bridgehead atoms. The lowest BCUT2D eigenvalue weighted by molar-refractivity contribution is -0.118. The first kappa shape index (κ1) is 27.4. The zero-order valence-electron chi connectivity index (χ0n) is 26.1. The first-order chi connectivity index (χ1) is 22.4. The average Bonchev–Trinajstić information content (AvgIpc) is 3.47. The number of carbonyl (C=O) groups is 2. The van der Waals surface area contributed by atoms with Crippen LogP contribution < -0.4 is 14.8 Å². The van der Waals surface area contributed by atoms with Crippen molar-refractivity contribution in [3.63, 3.8) is 0 Å². The zero-order valence-corrected chi connectivity index (χ0v) is 26.1. The molecule has 3 fully saturated rings. The van der Waals surface area contributed by atoms with Gasteiger partial charge < -0.3 is 28.8 Å². The van der Waals surface area contributed by atoms with Crippen LogP contribution in [0.5, 0.6) is 11.5 Å². The summed E-state index contributed by atoms with van der Waals surface area (Å²) in [6.45, 7) is 3.92. The van der Waals surface area contributed by atoms with Crippen molar-refractivity contribution in [2.75, 3.05) is 25.6 Å².